The van der Waals surface area contributed by atoms with Gasteiger partial charge in [0.05, 0.1) is 13.2 Å². The summed E-state index contributed by atoms with van der Waals surface area (Å²) in [7, 11) is 1.74. The van der Waals surface area contributed by atoms with E-state index < -0.39 is 0 Å². The summed E-state index contributed by atoms with van der Waals surface area (Å²) >= 11 is 0. The summed E-state index contributed by atoms with van der Waals surface area (Å²) in [6.07, 6.45) is 6.22. The van der Waals surface area contributed by atoms with Crippen molar-refractivity contribution < 1.29 is 9.47 Å². The standard InChI is InChI=1S/C17H27NO2/c1-3-11-18-16(13-14-8-6-7-12-20-14)15-9-4-5-10-17(15)19-2/h4-5,9-10,14,16,18H,3,6-8,11-13H2,1-2H3. The molecule has 0 saturated carbocycles. The fourth-order valence-electron chi connectivity index (χ4n) is 2.85. The van der Waals surface area contributed by atoms with Crippen LogP contribution >= 0.6 is 0 Å². The number of rotatable bonds is 7. The fraction of sp³-hybridized carbons (Fsp3) is 0.647. The zero-order valence-corrected chi connectivity index (χ0v) is 12.7. The fourth-order valence-corrected chi connectivity index (χ4v) is 2.85. The van der Waals surface area contributed by atoms with E-state index in [9.17, 15) is 0 Å². The Balaban J connectivity index is 2.08. The third kappa shape index (κ3) is 4.22. The summed E-state index contributed by atoms with van der Waals surface area (Å²) < 4.78 is 11.4. The van der Waals surface area contributed by atoms with E-state index in [0.29, 0.717) is 12.1 Å². The average molecular weight is 277 g/mol. The van der Waals surface area contributed by atoms with Crippen LogP contribution in [0.15, 0.2) is 24.3 Å². The van der Waals surface area contributed by atoms with E-state index in [2.05, 4.69) is 24.4 Å². The molecule has 2 rings (SSSR count). The van der Waals surface area contributed by atoms with Gasteiger partial charge in [-0.3, -0.25) is 0 Å². The minimum absolute atomic E-state index is 0.314. The summed E-state index contributed by atoms with van der Waals surface area (Å²) in [4.78, 5) is 0. The van der Waals surface area contributed by atoms with Gasteiger partial charge in [-0.15, -0.1) is 0 Å². The van der Waals surface area contributed by atoms with E-state index >= 15 is 0 Å². The van der Waals surface area contributed by atoms with E-state index in [-0.39, 0.29) is 0 Å². The quantitative estimate of drug-likeness (QED) is 0.824. The summed E-state index contributed by atoms with van der Waals surface area (Å²) in [5, 5.41) is 3.65. The molecule has 2 atom stereocenters. The first-order chi connectivity index (χ1) is 9.85. The van der Waals surface area contributed by atoms with Gasteiger partial charge in [-0.05, 0) is 44.7 Å². The molecule has 1 aliphatic rings. The highest BCUT2D eigenvalue weighted by atomic mass is 16.5. The number of benzene rings is 1. The molecule has 0 amide bonds. The molecule has 1 heterocycles. The van der Waals surface area contributed by atoms with E-state index in [0.717, 1.165) is 31.7 Å². The zero-order valence-electron chi connectivity index (χ0n) is 12.7. The molecule has 0 radical (unpaired) electrons. The van der Waals surface area contributed by atoms with Crippen LogP contribution in [0.3, 0.4) is 0 Å². The lowest BCUT2D eigenvalue weighted by atomic mass is 9.96. The van der Waals surface area contributed by atoms with Crippen LogP contribution in [0, 0.1) is 0 Å². The molecular weight excluding hydrogens is 250 g/mol. The molecule has 3 heteroatoms. The molecular formula is C17H27NO2. The molecule has 1 aliphatic heterocycles. The molecule has 1 N–H and O–H groups in total. The lowest BCUT2D eigenvalue weighted by molar-refractivity contribution is 0.00493. The highest BCUT2D eigenvalue weighted by Gasteiger charge is 2.22. The van der Waals surface area contributed by atoms with E-state index in [4.69, 9.17) is 9.47 Å². The molecule has 0 aliphatic carbocycles. The molecule has 1 fully saturated rings. The number of ether oxygens (including phenoxy) is 2. The van der Waals surface area contributed by atoms with Gasteiger partial charge >= 0.3 is 0 Å². The van der Waals surface area contributed by atoms with E-state index in [1.807, 2.05) is 12.1 Å². The van der Waals surface area contributed by atoms with Crippen molar-refractivity contribution in [1.82, 2.24) is 5.32 Å². The Bertz CT molecular complexity index is 388. The predicted octanol–water partition coefficient (Wildman–Crippen LogP) is 3.70. The summed E-state index contributed by atoms with van der Waals surface area (Å²) in [5.74, 6) is 0.969. The van der Waals surface area contributed by atoms with Crippen LogP contribution in [0.1, 0.15) is 50.6 Å². The maximum Gasteiger partial charge on any atom is 0.123 e. The van der Waals surface area contributed by atoms with Crippen molar-refractivity contribution in [2.24, 2.45) is 0 Å². The second kappa shape index (κ2) is 8.28. The predicted molar refractivity (Wildman–Crippen MR) is 82.2 cm³/mol. The minimum atomic E-state index is 0.314. The Morgan fingerprint density at radius 2 is 2.20 bits per heavy atom. The van der Waals surface area contributed by atoms with E-state index in [1.54, 1.807) is 7.11 Å². The third-order valence-corrected chi connectivity index (χ3v) is 3.93. The third-order valence-electron chi connectivity index (χ3n) is 3.93. The molecule has 1 aromatic rings. The van der Waals surface area contributed by atoms with Gasteiger partial charge < -0.3 is 14.8 Å². The van der Waals surface area contributed by atoms with Crippen LogP contribution in [0.2, 0.25) is 0 Å². The van der Waals surface area contributed by atoms with Gasteiger partial charge in [-0.2, -0.15) is 0 Å². The van der Waals surface area contributed by atoms with Gasteiger partial charge in [-0.25, -0.2) is 0 Å². The lowest BCUT2D eigenvalue weighted by Crippen LogP contribution is -2.29. The first-order valence-corrected chi connectivity index (χ1v) is 7.83. The summed E-state index contributed by atoms with van der Waals surface area (Å²) in [5.41, 5.74) is 1.25. The van der Waals surface area contributed by atoms with Gasteiger partial charge in [0.15, 0.2) is 0 Å². The van der Waals surface area contributed by atoms with Crippen molar-refractivity contribution in [3.63, 3.8) is 0 Å². The molecule has 0 spiro atoms. The Hall–Kier alpha value is -1.06. The Labute approximate surface area is 122 Å². The van der Waals surface area contributed by atoms with Gasteiger partial charge in [0, 0.05) is 18.2 Å². The monoisotopic (exact) mass is 277 g/mol. The van der Waals surface area contributed by atoms with Crippen molar-refractivity contribution in [1.29, 1.82) is 0 Å². The molecule has 0 bridgehead atoms. The Morgan fingerprint density at radius 3 is 2.90 bits per heavy atom. The van der Waals surface area contributed by atoms with Crippen molar-refractivity contribution in [2.75, 3.05) is 20.3 Å². The van der Waals surface area contributed by atoms with Crippen LogP contribution < -0.4 is 10.1 Å². The SMILES string of the molecule is CCCNC(CC1CCCCO1)c1ccccc1OC. The first kappa shape index (κ1) is 15.3. The zero-order chi connectivity index (χ0) is 14.2. The number of para-hydroxylation sites is 1. The largest absolute Gasteiger partial charge is 0.496 e. The van der Waals surface area contributed by atoms with Crippen LogP contribution in [-0.4, -0.2) is 26.4 Å². The van der Waals surface area contributed by atoms with E-state index in [1.165, 1.54) is 24.8 Å². The number of hydrogen-bond acceptors (Lipinski definition) is 3. The highest BCUT2D eigenvalue weighted by molar-refractivity contribution is 5.36. The van der Waals surface area contributed by atoms with Crippen molar-refractivity contribution >= 4 is 0 Å². The molecule has 3 nitrogen and oxygen atoms in total. The average Bonchev–Trinajstić information content (AvgIpc) is 2.52. The first-order valence-electron chi connectivity index (χ1n) is 7.83. The molecule has 20 heavy (non-hydrogen) atoms. The second-order valence-corrected chi connectivity index (χ2v) is 5.47. The van der Waals surface area contributed by atoms with Crippen LogP contribution in [0.5, 0.6) is 5.75 Å². The lowest BCUT2D eigenvalue weighted by Gasteiger charge is -2.28. The van der Waals surface area contributed by atoms with Crippen molar-refractivity contribution in [3.05, 3.63) is 29.8 Å². The Kier molecular flexibility index (Phi) is 6.34. The van der Waals surface area contributed by atoms with Crippen LogP contribution in [0.4, 0.5) is 0 Å². The smallest absolute Gasteiger partial charge is 0.123 e. The molecule has 112 valence electrons. The number of methoxy groups -OCH3 is 1. The van der Waals surface area contributed by atoms with Gasteiger partial charge in [0.1, 0.15) is 5.75 Å². The van der Waals surface area contributed by atoms with Gasteiger partial charge in [0.25, 0.3) is 0 Å². The minimum Gasteiger partial charge on any atom is -0.496 e. The molecule has 1 saturated heterocycles. The normalized spacial score (nSPS) is 20.6. The van der Waals surface area contributed by atoms with Gasteiger partial charge in [0.2, 0.25) is 0 Å². The Morgan fingerprint density at radius 1 is 1.35 bits per heavy atom. The maximum absolute atomic E-state index is 5.90. The van der Waals surface area contributed by atoms with Crippen LogP contribution in [-0.2, 0) is 4.74 Å². The van der Waals surface area contributed by atoms with Crippen molar-refractivity contribution in [2.45, 2.75) is 51.2 Å². The highest BCUT2D eigenvalue weighted by Crippen LogP contribution is 2.30. The topological polar surface area (TPSA) is 30.5 Å². The molecule has 0 aromatic heterocycles. The van der Waals surface area contributed by atoms with Crippen molar-refractivity contribution in [3.8, 4) is 5.75 Å². The number of hydrogen-bond donors (Lipinski definition) is 1. The molecule has 1 aromatic carbocycles. The summed E-state index contributed by atoms with van der Waals surface area (Å²) in [6, 6.07) is 8.62. The molecule has 2 unspecified atom stereocenters. The number of nitrogens with one attached hydrogen (secondary N) is 1. The summed E-state index contributed by atoms with van der Waals surface area (Å²) in [6.45, 7) is 4.13. The maximum atomic E-state index is 5.90. The van der Waals surface area contributed by atoms with Gasteiger partial charge in [-0.1, -0.05) is 25.1 Å². The second-order valence-electron chi connectivity index (χ2n) is 5.47. The van der Waals surface area contributed by atoms with Crippen LogP contribution in [0.25, 0.3) is 0 Å².